The van der Waals surface area contributed by atoms with Gasteiger partial charge >= 0.3 is 0 Å². The van der Waals surface area contributed by atoms with Crippen LogP contribution in [0, 0.1) is 0 Å². The first-order valence-electron chi connectivity index (χ1n) is 15.5. The van der Waals surface area contributed by atoms with E-state index in [-0.39, 0.29) is 0 Å². The summed E-state index contributed by atoms with van der Waals surface area (Å²) >= 11 is 0. The van der Waals surface area contributed by atoms with Crippen LogP contribution in [0.2, 0.25) is 0 Å². The standard InChI is InChI=1S/C31H68N2/c1-7-9-11-13-14-15-16-17-18-19-20-21-22-23-24-26-29-33(5,6)31-27-30-32(3,4)28-25-12-10-8-2/h7-31H2,1-6H3/q+2. The Bertz CT molecular complexity index is 388. The van der Waals surface area contributed by atoms with Crippen molar-refractivity contribution >= 4 is 0 Å². The van der Waals surface area contributed by atoms with Gasteiger partial charge in [0.25, 0.3) is 0 Å². The molecule has 33 heavy (non-hydrogen) atoms. The second-order valence-electron chi connectivity index (χ2n) is 12.5. The third-order valence-corrected chi connectivity index (χ3v) is 7.76. The summed E-state index contributed by atoms with van der Waals surface area (Å²) in [6, 6.07) is 0. The quantitative estimate of drug-likeness (QED) is 0.0875. The molecule has 0 rings (SSSR count). The molecule has 0 heterocycles. The summed E-state index contributed by atoms with van der Waals surface area (Å²) < 4.78 is 2.43. The van der Waals surface area contributed by atoms with Gasteiger partial charge in [-0.15, -0.1) is 0 Å². The molecule has 0 aliphatic carbocycles. The van der Waals surface area contributed by atoms with Crippen molar-refractivity contribution < 1.29 is 8.97 Å². The number of rotatable bonds is 26. The summed E-state index contributed by atoms with van der Waals surface area (Å²) in [5, 5.41) is 0. The van der Waals surface area contributed by atoms with E-state index in [9.17, 15) is 0 Å². The van der Waals surface area contributed by atoms with E-state index >= 15 is 0 Å². The van der Waals surface area contributed by atoms with Gasteiger partial charge in [0.1, 0.15) is 0 Å². The predicted molar refractivity (Wildman–Crippen MR) is 152 cm³/mol. The van der Waals surface area contributed by atoms with Crippen LogP contribution in [0.5, 0.6) is 0 Å². The normalized spacial score (nSPS) is 12.5. The topological polar surface area (TPSA) is 0 Å². The van der Waals surface area contributed by atoms with Gasteiger partial charge in [0.05, 0.1) is 54.4 Å². The zero-order chi connectivity index (χ0) is 24.7. The molecular weight excluding hydrogens is 400 g/mol. The van der Waals surface area contributed by atoms with Crippen LogP contribution in [0.25, 0.3) is 0 Å². The predicted octanol–water partition coefficient (Wildman–Crippen LogP) is 9.37. The van der Waals surface area contributed by atoms with Crippen molar-refractivity contribution in [2.45, 2.75) is 149 Å². The fourth-order valence-electron chi connectivity index (χ4n) is 5.20. The molecule has 0 unspecified atom stereocenters. The van der Waals surface area contributed by atoms with Crippen LogP contribution in [-0.2, 0) is 0 Å². The largest absolute Gasteiger partial charge is 0.328 e. The van der Waals surface area contributed by atoms with Crippen LogP contribution >= 0.6 is 0 Å². The molecule has 0 radical (unpaired) electrons. The van der Waals surface area contributed by atoms with Crippen molar-refractivity contribution in [2.75, 3.05) is 54.4 Å². The van der Waals surface area contributed by atoms with Gasteiger partial charge < -0.3 is 8.97 Å². The second kappa shape index (κ2) is 22.4. The summed E-state index contributed by atoms with van der Waals surface area (Å²) in [6.07, 6.45) is 30.3. The Morgan fingerprint density at radius 1 is 0.273 bits per heavy atom. The van der Waals surface area contributed by atoms with E-state index in [1.807, 2.05) is 0 Å². The fraction of sp³-hybridized carbons (Fsp3) is 1.00. The third-order valence-electron chi connectivity index (χ3n) is 7.76. The zero-order valence-electron chi connectivity index (χ0n) is 24.6. The van der Waals surface area contributed by atoms with Crippen LogP contribution in [0.15, 0.2) is 0 Å². The number of hydrogen-bond donors (Lipinski definition) is 0. The molecule has 0 spiro atoms. The second-order valence-corrected chi connectivity index (χ2v) is 12.5. The Hall–Kier alpha value is -0.0800. The average molecular weight is 469 g/mol. The number of nitrogens with zero attached hydrogens (tertiary/aromatic N) is 2. The SMILES string of the molecule is CCCCCCCCCCCCCCCCCC[N+](C)(C)CCC[N+](C)(C)CCCCCC. The first kappa shape index (κ1) is 32.9. The van der Waals surface area contributed by atoms with Crippen molar-refractivity contribution in [2.24, 2.45) is 0 Å². The molecule has 0 aromatic carbocycles. The van der Waals surface area contributed by atoms with E-state index in [1.54, 1.807) is 0 Å². The lowest BCUT2D eigenvalue weighted by atomic mass is 10.0. The molecule has 0 bridgehead atoms. The van der Waals surface area contributed by atoms with Crippen LogP contribution in [0.1, 0.15) is 149 Å². The van der Waals surface area contributed by atoms with Gasteiger partial charge in [0.15, 0.2) is 0 Å². The Balaban J connectivity index is 3.47. The maximum atomic E-state index is 2.45. The summed E-state index contributed by atoms with van der Waals surface area (Å²) in [5.41, 5.74) is 0. The molecule has 0 atom stereocenters. The highest BCUT2D eigenvalue weighted by Gasteiger charge is 2.19. The van der Waals surface area contributed by atoms with Crippen molar-refractivity contribution in [1.29, 1.82) is 0 Å². The van der Waals surface area contributed by atoms with E-state index in [0.717, 1.165) is 0 Å². The molecule has 2 nitrogen and oxygen atoms in total. The van der Waals surface area contributed by atoms with Crippen molar-refractivity contribution in [3.05, 3.63) is 0 Å². The molecule has 0 aliphatic rings. The number of hydrogen-bond acceptors (Lipinski definition) is 0. The number of quaternary nitrogens is 2. The van der Waals surface area contributed by atoms with Gasteiger partial charge in [-0.3, -0.25) is 0 Å². The van der Waals surface area contributed by atoms with E-state index < -0.39 is 0 Å². The minimum Gasteiger partial charge on any atom is -0.328 e. The van der Waals surface area contributed by atoms with Gasteiger partial charge in [-0.1, -0.05) is 117 Å². The fourth-order valence-corrected chi connectivity index (χ4v) is 5.20. The molecule has 200 valence electrons. The van der Waals surface area contributed by atoms with Crippen LogP contribution in [0.4, 0.5) is 0 Å². The maximum absolute atomic E-state index is 2.45. The lowest BCUT2D eigenvalue weighted by Gasteiger charge is -2.33. The van der Waals surface area contributed by atoms with E-state index in [0.29, 0.717) is 0 Å². The molecule has 0 aromatic heterocycles. The van der Waals surface area contributed by atoms with E-state index in [1.165, 1.54) is 170 Å². The van der Waals surface area contributed by atoms with Crippen LogP contribution in [0.3, 0.4) is 0 Å². The molecule has 2 heteroatoms. The third kappa shape index (κ3) is 24.8. The highest BCUT2D eigenvalue weighted by molar-refractivity contribution is 4.50. The highest BCUT2D eigenvalue weighted by Crippen LogP contribution is 2.15. The highest BCUT2D eigenvalue weighted by atomic mass is 15.3. The van der Waals surface area contributed by atoms with Gasteiger partial charge in [0, 0.05) is 6.42 Å². The Labute approximate surface area is 212 Å². The first-order valence-corrected chi connectivity index (χ1v) is 15.5. The van der Waals surface area contributed by atoms with E-state index in [4.69, 9.17) is 0 Å². The van der Waals surface area contributed by atoms with Gasteiger partial charge in [-0.05, 0) is 25.7 Å². The summed E-state index contributed by atoms with van der Waals surface area (Å²) in [5.74, 6) is 0. The first-order chi connectivity index (χ1) is 15.8. The molecule has 0 N–H and O–H groups in total. The molecule has 0 aromatic rings. The lowest BCUT2D eigenvalue weighted by Crippen LogP contribution is -2.46. The summed E-state index contributed by atoms with van der Waals surface area (Å²) in [7, 11) is 9.77. The lowest BCUT2D eigenvalue weighted by molar-refractivity contribution is -0.909. The Morgan fingerprint density at radius 3 is 0.788 bits per heavy atom. The Morgan fingerprint density at radius 2 is 0.485 bits per heavy atom. The molecular formula is C31H68N2+2. The minimum absolute atomic E-state index is 1.21. The monoisotopic (exact) mass is 469 g/mol. The number of unbranched alkanes of at least 4 members (excludes halogenated alkanes) is 18. The molecule has 0 aliphatic heterocycles. The molecule has 0 amide bonds. The Kier molecular flexibility index (Phi) is 22.3. The van der Waals surface area contributed by atoms with Gasteiger partial charge in [-0.25, -0.2) is 0 Å². The van der Waals surface area contributed by atoms with E-state index in [2.05, 4.69) is 42.0 Å². The van der Waals surface area contributed by atoms with Crippen molar-refractivity contribution in [1.82, 2.24) is 0 Å². The van der Waals surface area contributed by atoms with Crippen molar-refractivity contribution in [3.63, 3.8) is 0 Å². The molecule has 0 fully saturated rings. The van der Waals surface area contributed by atoms with Crippen LogP contribution in [-0.4, -0.2) is 63.3 Å². The average Bonchev–Trinajstić information content (AvgIpc) is 2.76. The molecule has 0 saturated heterocycles. The summed E-state index contributed by atoms with van der Waals surface area (Å²) in [6.45, 7) is 10.0. The molecule has 0 saturated carbocycles. The van der Waals surface area contributed by atoms with Crippen LogP contribution < -0.4 is 0 Å². The van der Waals surface area contributed by atoms with Gasteiger partial charge in [0.2, 0.25) is 0 Å². The minimum atomic E-state index is 1.21. The summed E-state index contributed by atoms with van der Waals surface area (Å²) in [4.78, 5) is 0. The maximum Gasteiger partial charge on any atom is 0.0836 e. The smallest absolute Gasteiger partial charge is 0.0836 e. The zero-order valence-corrected chi connectivity index (χ0v) is 24.6. The van der Waals surface area contributed by atoms with Crippen molar-refractivity contribution in [3.8, 4) is 0 Å². The van der Waals surface area contributed by atoms with Gasteiger partial charge in [-0.2, -0.15) is 0 Å².